The standard InChI is InChI=1S/C51H61N9O12/c1-8-11-14-41(62)57-42(29(4)5)45(64)56-39(13-12-21-53-48(52)67)44(63)54-31-17-15-30(16-18-31)27-71-49(68)58(6)22-23-59(7)50(69)72-51(10-3)37-25-40-43-35(26-60(40)46(65)36(37)28-70-47(51)66)33(9-2)34-24-32(61)19-20-38(34)55-43/h1,15-20,24-25,29,39,42,61H,9-14,21-23,26-28H2,2-7H3,(H,54,63)(H,56,64)(H,57,62)(H3,52,53,67)/t39-,42-,51-/m0/s1. The van der Waals surface area contributed by atoms with Gasteiger partial charge in [-0.05, 0) is 79.1 Å². The number of nitrogens with zero attached hydrogens (tertiary/aromatic N) is 4. The van der Waals surface area contributed by atoms with E-state index in [0.717, 1.165) is 16.5 Å². The van der Waals surface area contributed by atoms with Crippen molar-refractivity contribution in [2.75, 3.05) is 39.0 Å². The number of aromatic nitrogens is 2. The topological polar surface area (TPSA) is 283 Å². The highest BCUT2D eigenvalue weighted by atomic mass is 16.6. The highest BCUT2D eigenvalue weighted by Crippen LogP contribution is 2.42. The molecular weight excluding hydrogens is 931 g/mol. The van der Waals surface area contributed by atoms with Gasteiger partial charge in [-0.2, -0.15) is 0 Å². The molecule has 4 aromatic rings. The molecule has 2 aromatic carbocycles. The van der Waals surface area contributed by atoms with Gasteiger partial charge in [0.1, 0.15) is 31.0 Å². The normalized spacial score (nSPS) is 15.1. The molecule has 0 aliphatic carbocycles. The number of carbonyl (C=O) groups is 7. The Kier molecular flexibility index (Phi) is 17.1. The first kappa shape index (κ1) is 53.2. The monoisotopic (exact) mass is 991 g/mol. The van der Waals surface area contributed by atoms with Crippen LogP contribution in [0.2, 0.25) is 0 Å². The number of hydrogen-bond donors (Lipinski definition) is 6. The SMILES string of the molecule is C#CCCC(=O)N[C@H](C(=O)N[C@@H](CCCNC(N)=O)C(=O)Nc1ccc(COC(=O)N(C)CCN(C)C(=O)O[C@]2(CC)C(=O)OCc3c2cc2n(c3=O)Cc3c-2nc2ccc(O)cc2c3CC)cc1)C(C)C. The van der Waals surface area contributed by atoms with Crippen LogP contribution in [0.15, 0.2) is 53.3 Å². The number of nitrogens with two attached hydrogens (primary N) is 1. The Morgan fingerprint density at radius 3 is 2.33 bits per heavy atom. The van der Waals surface area contributed by atoms with E-state index in [-0.39, 0.29) is 87.9 Å². The van der Waals surface area contributed by atoms with E-state index in [1.165, 1.54) is 23.9 Å². The summed E-state index contributed by atoms with van der Waals surface area (Å²) in [5, 5.41) is 21.6. The summed E-state index contributed by atoms with van der Waals surface area (Å²) < 4.78 is 18.6. The van der Waals surface area contributed by atoms with E-state index in [1.54, 1.807) is 73.9 Å². The Hall–Kier alpha value is -8.15. The molecule has 2 aromatic heterocycles. The molecular formula is C51H61N9O12. The highest BCUT2D eigenvalue weighted by molar-refractivity contribution is 5.98. The fraction of sp³-hybridized carbons (Fsp3) is 0.431. The number of primary amides is 1. The summed E-state index contributed by atoms with van der Waals surface area (Å²) >= 11 is 0. The molecule has 2 aliphatic rings. The van der Waals surface area contributed by atoms with Crippen molar-refractivity contribution in [1.29, 1.82) is 0 Å². The number of rotatable bonds is 20. The molecule has 6 rings (SSSR count). The molecule has 21 nitrogen and oxygen atoms in total. The van der Waals surface area contributed by atoms with Gasteiger partial charge in [-0.1, -0.05) is 39.8 Å². The van der Waals surface area contributed by atoms with Crippen LogP contribution >= 0.6 is 0 Å². The van der Waals surface area contributed by atoms with Crippen LogP contribution in [-0.4, -0.2) is 112 Å². The van der Waals surface area contributed by atoms with Gasteiger partial charge in [0.2, 0.25) is 23.3 Å². The maximum atomic E-state index is 14.1. The molecule has 0 saturated heterocycles. The molecule has 3 atom stereocenters. The number of urea groups is 1. The van der Waals surface area contributed by atoms with Crippen molar-refractivity contribution in [2.45, 2.75) is 104 Å². The molecule has 0 radical (unpaired) electrons. The van der Waals surface area contributed by atoms with E-state index in [4.69, 9.17) is 31.4 Å². The van der Waals surface area contributed by atoms with Gasteiger partial charge in [-0.15, -0.1) is 12.3 Å². The minimum absolute atomic E-state index is 0.00467. The molecule has 7 amide bonds. The number of esters is 1. The second-order valence-electron chi connectivity index (χ2n) is 18.0. The number of cyclic esters (lactones) is 1. The lowest BCUT2D eigenvalue weighted by Gasteiger charge is -2.36. The van der Waals surface area contributed by atoms with Gasteiger partial charge in [-0.25, -0.2) is 24.2 Å². The zero-order chi connectivity index (χ0) is 52.4. The molecule has 7 N–H and O–H groups in total. The molecule has 0 unspecified atom stereocenters. The number of terminal acetylenes is 1. The van der Waals surface area contributed by atoms with Crippen LogP contribution in [0.1, 0.15) is 87.6 Å². The fourth-order valence-corrected chi connectivity index (χ4v) is 8.60. The number of likely N-dealkylation sites (N-methyl/N-ethyl adjacent to an activating group) is 2. The highest BCUT2D eigenvalue weighted by Gasteiger charge is 2.51. The third-order valence-electron chi connectivity index (χ3n) is 12.7. The van der Waals surface area contributed by atoms with Crippen molar-refractivity contribution in [2.24, 2.45) is 11.7 Å². The van der Waals surface area contributed by atoms with E-state index < -0.39 is 65.2 Å². The minimum atomic E-state index is -1.96. The first-order chi connectivity index (χ1) is 34.3. The number of amides is 7. The average molecular weight is 992 g/mol. The van der Waals surface area contributed by atoms with Crippen LogP contribution < -0.4 is 32.6 Å². The number of hydrogen-bond acceptors (Lipinski definition) is 13. The molecule has 72 heavy (non-hydrogen) atoms. The zero-order valence-corrected chi connectivity index (χ0v) is 41.2. The lowest BCUT2D eigenvalue weighted by molar-refractivity contribution is -0.173. The predicted octanol–water partition coefficient (Wildman–Crippen LogP) is 4.12. The summed E-state index contributed by atoms with van der Waals surface area (Å²) in [6.07, 6.45) is 4.86. The van der Waals surface area contributed by atoms with Crippen LogP contribution in [0.4, 0.5) is 20.1 Å². The fourth-order valence-electron chi connectivity index (χ4n) is 8.60. The number of anilines is 1. The quantitative estimate of drug-likeness (QED) is 0.0277. The van der Waals surface area contributed by atoms with E-state index in [0.29, 0.717) is 41.0 Å². The molecule has 382 valence electrons. The Bertz CT molecular complexity index is 2860. The third-order valence-corrected chi connectivity index (χ3v) is 12.7. The van der Waals surface area contributed by atoms with Crippen molar-refractivity contribution in [1.82, 2.24) is 35.3 Å². The van der Waals surface area contributed by atoms with E-state index in [9.17, 15) is 43.5 Å². The lowest BCUT2D eigenvalue weighted by Crippen LogP contribution is -2.54. The summed E-state index contributed by atoms with van der Waals surface area (Å²) in [6.45, 7) is 7.02. The number of nitrogens with one attached hydrogen (secondary N) is 4. The first-order valence-corrected chi connectivity index (χ1v) is 23.7. The van der Waals surface area contributed by atoms with Crippen LogP contribution in [0, 0.1) is 18.3 Å². The number of pyridine rings is 2. The van der Waals surface area contributed by atoms with Gasteiger partial charge in [0, 0.05) is 68.8 Å². The largest absolute Gasteiger partial charge is 0.508 e. The van der Waals surface area contributed by atoms with E-state index >= 15 is 0 Å². The second-order valence-corrected chi connectivity index (χ2v) is 18.0. The molecule has 2 aliphatic heterocycles. The second kappa shape index (κ2) is 23.2. The number of aromatic hydroxyl groups is 1. The van der Waals surface area contributed by atoms with E-state index in [2.05, 4.69) is 27.2 Å². The predicted molar refractivity (Wildman–Crippen MR) is 264 cm³/mol. The van der Waals surface area contributed by atoms with Crippen molar-refractivity contribution in [3.8, 4) is 29.5 Å². The van der Waals surface area contributed by atoms with Crippen LogP contribution in [0.3, 0.4) is 0 Å². The van der Waals surface area contributed by atoms with Crippen molar-refractivity contribution in [3.63, 3.8) is 0 Å². The smallest absolute Gasteiger partial charge is 0.411 e. The zero-order valence-electron chi connectivity index (χ0n) is 41.2. The Morgan fingerprint density at radius 2 is 1.68 bits per heavy atom. The first-order valence-electron chi connectivity index (χ1n) is 23.7. The van der Waals surface area contributed by atoms with Crippen LogP contribution in [-0.2, 0) is 65.2 Å². The number of fused-ring (bicyclic) bond motifs is 5. The minimum Gasteiger partial charge on any atom is -0.508 e. The number of ether oxygens (including phenoxy) is 3. The molecule has 21 heteroatoms. The maximum absolute atomic E-state index is 14.1. The van der Waals surface area contributed by atoms with Gasteiger partial charge in [0.15, 0.2) is 0 Å². The Morgan fingerprint density at radius 1 is 0.972 bits per heavy atom. The summed E-state index contributed by atoms with van der Waals surface area (Å²) in [4.78, 5) is 112. The van der Waals surface area contributed by atoms with Crippen molar-refractivity contribution < 1.29 is 52.9 Å². The van der Waals surface area contributed by atoms with Crippen LogP contribution in [0.5, 0.6) is 5.75 Å². The van der Waals surface area contributed by atoms with Gasteiger partial charge in [-0.3, -0.25) is 19.2 Å². The average Bonchev–Trinajstić information content (AvgIpc) is 3.72. The van der Waals surface area contributed by atoms with Gasteiger partial charge < -0.3 is 60.7 Å². The maximum Gasteiger partial charge on any atom is 0.411 e. The van der Waals surface area contributed by atoms with E-state index in [1.807, 2.05) is 6.92 Å². The van der Waals surface area contributed by atoms with Crippen molar-refractivity contribution in [3.05, 3.63) is 86.7 Å². The van der Waals surface area contributed by atoms with Gasteiger partial charge >= 0.3 is 24.2 Å². The summed E-state index contributed by atoms with van der Waals surface area (Å²) in [5.41, 5.74) is 7.55. The lowest BCUT2D eigenvalue weighted by atomic mass is 9.85. The molecule has 0 bridgehead atoms. The Balaban J connectivity index is 1.05. The molecule has 0 spiro atoms. The number of benzene rings is 2. The number of carbonyl (C=O) groups excluding carboxylic acids is 7. The number of phenolic OH excluding ortho intramolecular Hbond substituents is 1. The van der Waals surface area contributed by atoms with Gasteiger partial charge in [0.25, 0.3) is 5.56 Å². The number of aryl methyl sites for hydroxylation is 1. The number of phenols is 1. The molecule has 4 heterocycles. The molecule has 0 fully saturated rings. The van der Waals surface area contributed by atoms with Crippen LogP contribution in [0.25, 0.3) is 22.3 Å². The van der Waals surface area contributed by atoms with Gasteiger partial charge in [0.05, 0.1) is 29.0 Å². The van der Waals surface area contributed by atoms with Crippen molar-refractivity contribution >= 4 is 58.5 Å². The summed E-state index contributed by atoms with van der Waals surface area (Å²) in [5.74, 6) is -0.208. The third kappa shape index (κ3) is 11.9. The Labute approximate surface area is 416 Å². The summed E-state index contributed by atoms with van der Waals surface area (Å²) in [7, 11) is 2.92. The molecule has 0 saturated carbocycles. The summed E-state index contributed by atoms with van der Waals surface area (Å²) in [6, 6.07) is 10.3.